The molecule has 0 bridgehead atoms. The fourth-order valence-electron chi connectivity index (χ4n) is 3.20. The standard InChI is InChI=1S/C19H23N3O4/c1-26-13-17(24)11-21-6-8-22(9-7-21)19(25)15-3-5-18-14(10-15)2-4-16(12-23)20-18/h2-5,10,12,17,24H,6-9,11,13H2,1H3. The minimum atomic E-state index is -0.508. The highest BCUT2D eigenvalue weighted by atomic mass is 16.5. The van der Waals surface area contributed by atoms with E-state index >= 15 is 0 Å². The average Bonchev–Trinajstić information content (AvgIpc) is 2.67. The first-order chi connectivity index (χ1) is 12.6. The highest BCUT2D eigenvalue weighted by molar-refractivity contribution is 5.98. The number of aliphatic hydroxyl groups excluding tert-OH is 1. The first-order valence-corrected chi connectivity index (χ1v) is 8.65. The van der Waals surface area contributed by atoms with Gasteiger partial charge in [0.25, 0.3) is 5.91 Å². The Balaban J connectivity index is 1.63. The van der Waals surface area contributed by atoms with Gasteiger partial charge in [0.15, 0.2) is 6.29 Å². The summed E-state index contributed by atoms with van der Waals surface area (Å²) in [6.07, 6.45) is 0.202. The summed E-state index contributed by atoms with van der Waals surface area (Å²) < 4.78 is 4.95. The molecule has 1 amide bonds. The van der Waals surface area contributed by atoms with Crippen LogP contribution in [-0.2, 0) is 4.74 Å². The highest BCUT2D eigenvalue weighted by Gasteiger charge is 2.23. The SMILES string of the molecule is COCC(O)CN1CCN(C(=O)c2ccc3nc(C=O)ccc3c2)CC1. The molecule has 0 radical (unpaired) electrons. The Bertz CT molecular complexity index is 787. The second-order valence-corrected chi connectivity index (χ2v) is 6.46. The molecule has 2 heterocycles. The van der Waals surface area contributed by atoms with Crippen LogP contribution < -0.4 is 0 Å². The van der Waals surface area contributed by atoms with E-state index in [2.05, 4.69) is 9.88 Å². The van der Waals surface area contributed by atoms with Gasteiger partial charge in [-0.05, 0) is 24.3 Å². The smallest absolute Gasteiger partial charge is 0.253 e. The summed E-state index contributed by atoms with van der Waals surface area (Å²) >= 11 is 0. The van der Waals surface area contributed by atoms with Crippen LogP contribution in [0.2, 0.25) is 0 Å². The van der Waals surface area contributed by atoms with Crippen molar-refractivity contribution < 1.29 is 19.4 Å². The average molecular weight is 357 g/mol. The maximum atomic E-state index is 12.8. The molecule has 1 aliphatic heterocycles. The highest BCUT2D eigenvalue weighted by Crippen LogP contribution is 2.17. The third-order valence-electron chi connectivity index (χ3n) is 4.57. The van der Waals surface area contributed by atoms with Crippen molar-refractivity contribution in [3.63, 3.8) is 0 Å². The van der Waals surface area contributed by atoms with Gasteiger partial charge >= 0.3 is 0 Å². The van der Waals surface area contributed by atoms with Crippen LogP contribution in [0.25, 0.3) is 10.9 Å². The molecule has 138 valence electrons. The number of ether oxygens (including phenoxy) is 1. The maximum Gasteiger partial charge on any atom is 0.253 e. The van der Waals surface area contributed by atoms with Gasteiger partial charge in [-0.3, -0.25) is 14.5 Å². The molecule has 1 aromatic carbocycles. The number of aromatic nitrogens is 1. The fourth-order valence-corrected chi connectivity index (χ4v) is 3.20. The molecule has 1 unspecified atom stereocenters. The molecule has 0 saturated carbocycles. The molecule has 26 heavy (non-hydrogen) atoms. The number of carbonyl (C=O) groups excluding carboxylic acids is 2. The van der Waals surface area contributed by atoms with Crippen molar-refractivity contribution in [2.24, 2.45) is 0 Å². The van der Waals surface area contributed by atoms with Gasteiger partial charge in [0.05, 0.1) is 18.2 Å². The molecule has 1 N–H and O–H groups in total. The summed E-state index contributed by atoms with van der Waals surface area (Å²) in [5.74, 6) is -0.0107. The van der Waals surface area contributed by atoms with Crippen LogP contribution in [0.15, 0.2) is 30.3 Å². The zero-order chi connectivity index (χ0) is 18.5. The Morgan fingerprint density at radius 2 is 2.04 bits per heavy atom. The van der Waals surface area contributed by atoms with E-state index < -0.39 is 6.10 Å². The Hall–Kier alpha value is -2.35. The molecule has 1 aliphatic rings. The van der Waals surface area contributed by atoms with Gasteiger partial charge in [-0.2, -0.15) is 0 Å². The minimum absolute atomic E-state index is 0.0107. The van der Waals surface area contributed by atoms with Crippen molar-refractivity contribution in [1.82, 2.24) is 14.8 Å². The number of amides is 1. The number of aldehydes is 1. The van der Waals surface area contributed by atoms with Gasteiger partial charge in [-0.15, -0.1) is 0 Å². The number of aliphatic hydroxyl groups is 1. The summed E-state index contributed by atoms with van der Waals surface area (Å²) in [6.45, 7) is 3.57. The first-order valence-electron chi connectivity index (χ1n) is 8.65. The summed E-state index contributed by atoms with van der Waals surface area (Å²) in [4.78, 5) is 31.8. The van der Waals surface area contributed by atoms with Crippen LogP contribution in [0.1, 0.15) is 20.8 Å². The molecule has 0 spiro atoms. The van der Waals surface area contributed by atoms with E-state index in [1.807, 2.05) is 11.0 Å². The van der Waals surface area contributed by atoms with E-state index in [0.29, 0.717) is 49.3 Å². The number of hydrogen-bond acceptors (Lipinski definition) is 6. The zero-order valence-corrected chi connectivity index (χ0v) is 14.8. The predicted octanol–water partition coefficient (Wildman–Crippen LogP) is 0.812. The van der Waals surface area contributed by atoms with Gasteiger partial charge in [-0.1, -0.05) is 6.07 Å². The van der Waals surface area contributed by atoms with Crippen LogP contribution in [0.5, 0.6) is 0 Å². The number of carbonyl (C=O) groups is 2. The van der Waals surface area contributed by atoms with Gasteiger partial charge in [0.2, 0.25) is 0 Å². The second-order valence-electron chi connectivity index (χ2n) is 6.46. The number of fused-ring (bicyclic) bond motifs is 1. The third-order valence-corrected chi connectivity index (χ3v) is 4.57. The second kappa shape index (κ2) is 8.35. The van der Waals surface area contributed by atoms with Crippen molar-refractivity contribution in [3.8, 4) is 0 Å². The van der Waals surface area contributed by atoms with Crippen molar-refractivity contribution >= 4 is 23.1 Å². The van der Waals surface area contributed by atoms with Crippen LogP contribution in [0, 0.1) is 0 Å². The third kappa shape index (κ3) is 4.24. The molecule has 7 nitrogen and oxygen atoms in total. The van der Waals surface area contributed by atoms with Crippen molar-refractivity contribution in [2.45, 2.75) is 6.10 Å². The van der Waals surface area contributed by atoms with Crippen LogP contribution in [-0.4, -0.2) is 84.6 Å². The van der Waals surface area contributed by atoms with Crippen molar-refractivity contribution in [3.05, 3.63) is 41.6 Å². The monoisotopic (exact) mass is 357 g/mol. The van der Waals surface area contributed by atoms with Gasteiger partial charge in [0, 0.05) is 50.8 Å². The number of rotatable bonds is 6. The van der Waals surface area contributed by atoms with E-state index in [1.165, 1.54) is 0 Å². The molecular weight excluding hydrogens is 334 g/mol. The quantitative estimate of drug-likeness (QED) is 0.771. The number of nitrogens with zero attached hydrogens (tertiary/aromatic N) is 3. The molecule has 7 heteroatoms. The Labute approximate surface area is 152 Å². The first kappa shape index (κ1) is 18.4. The van der Waals surface area contributed by atoms with Gasteiger partial charge < -0.3 is 14.7 Å². The molecule has 1 atom stereocenters. The largest absolute Gasteiger partial charge is 0.389 e. The Morgan fingerprint density at radius 1 is 1.27 bits per heavy atom. The molecule has 3 rings (SSSR count). The lowest BCUT2D eigenvalue weighted by atomic mass is 10.1. The van der Waals surface area contributed by atoms with E-state index in [1.54, 1.807) is 31.4 Å². The van der Waals surface area contributed by atoms with Crippen LogP contribution in [0.4, 0.5) is 0 Å². The lowest BCUT2D eigenvalue weighted by Gasteiger charge is -2.35. The number of piperazine rings is 1. The molecule has 1 aromatic heterocycles. The fraction of sp³-hybridized carbons (Fsp3) is 0.421. The number of β-amino-alcohol motifs (C(OH)–C–C–N with tert-alkyl or cyclic N) is 1. The molecule has 0 aliphatic carbocycles. The van der Waals surface area contributed by atoms with Crippen molar-refractivity contribution in [1.29, 1.82) is 0 Å². The number of hydrogen-bond donors (Lipinski definition) is 1. The summed E-state index contributed by atoms with van der Waals surface area (Å²) in [5.41, 5.74) is 1.69. The van der Waals surface area contributed by atoms with Crippen molar-refractivity contribution in [2.75, 3.05) is 46.4 Å². The summed E-state index contributed by atoms with van der Waals surface area (Å²) in [7, 11) is 1.57. The summed E-state index contributed by atoms with van der Waals surface area (Å²) in [5, 5.41) is 10.7. The van der Waals surface area contributed by atoms with E-state index in [-0.39, 0.29) is 5.91 Å². The van der Waals surface area contributed by atoms with Gasteiger partial charge in [0.1, 0.15) is 5.69 Å². The molecule has 2 aromatic rings. The lowest BCUT2D eigenvalue weighted by molar-refractivity contribution is 0.0232. The van der Waals surface area contributed by atoms with Crippen LogP contribution >= 0.6 is 0 Å². The zero-order valence-electron chi connectivity index (χ0n) is 14.8. The lowest BCUT2D eigenvalue weighted by Crippen LogP contribution is -2.50. The van der Waals surface area contributed by atoms with Crippen LogP contribution in [0.3, 0.4) is 0 Å². The number of benzene rings is 1. The molecule has 1 fully saturated rings. The normalized spacial score (nSPS) is 16.6. The van der Waals surface area contributed by atoms with E-state index in [0.717, 1.165) is 18.5 Å². The van der Waals surface area contributed by atoms with Gasteiger partial charge in [-0.25, -0.2) is 4.98 Å². The molecule has 1 saturated heterocycles. The Kier molecular flexibility index (Phi) is 5.92. The van der Waals surface area contributed by atoms with E-state index in [4.69, 9.17) is 4.74 Å². The Morgan fingerprint density at radius 3 is 2.73 bits per heavy atom. The molecular formula is C19H23N3O4. The predicted molar refractivity (Wildman–Crippen MR) is 97.4 cm³/mol. The topological polar surface area (TPSA) is 83.0 Å². The summed E-state index contributed by atoms with van der Waals surface area (Å²) in [6, 6.07) is 8.79. The number of pyridine rings is 1. The minimum Gasteiger partial charge on any atom is -0.389 e. The number of methoxy groups -OCH3 is 1. The maximum absolute atomic E-state index is 12.8. The van der Waals surface area contributed by atoms with E-state index in [9.17, 15) is 14.7 Å².